The maximum absolute atomic E-state index is 13.9. The molecule has 0 saturated carbocycles. The van der Waals surface area contributed by atoms with Gasteiger partial charge in [-0.3, -0.25) is 4.68 Å². The molecular formula is C14H11FN2. The highest BCUT2D eigenvalue weighted by atomic mass is 19.1. The van der Waals surface area contributed by atoms with Crippen LogP contribution in [0.15, 0.2) is 48.5 Å². The van der Waals surface area contributed by atoms with Crippen LogP contribution in [0.2, 0.25) is 0 Å². The molecule has 0 spiro atoms. The lowest BCUT2D eigenvalue weighted by Gasteiger charge is -1.97. The van der Waals surface area contributed by atoms with E-state index in [4.69, 9.17) is 0 Å². The first-order valence-corrected chi connectivity index (χ1v) is 5.44. The Bertz CT molecular complexity index is 671. The molecule has 0 fully saturated rings. The van der Waals surface area contributed by atoms with Crippen LogP contribution >= 0.6 is 0 Å². The summed E-state index contributed by atoms with van der Waals surface area (Å²) in [4.78, 5) is 0. The molecule has 17 heavy (non-hydrogen) atoms. The number of benzene rings is 2. The summed E-state index contributed by atoms with van der Waals surface area (Å²) in [5.41, 5.74) is 2.44. The van der Waals surface area contributed by atoms with Crippen molar-refractivity contribution in [1.82, 2.24) is 9.78 Å². The van der Waals surface area contributed by atoms with Crippen molar-refractivity contribution in [3.05, 3.63) is 54.3 Å². The van der Waals surface area contributed by atoms with E-state index in [9.17, 15) is 4.39 Å². The van der Waals surface area contributed by atoms with Gasteiger partial charge in [0.25, 0.3) is 0 Å². The van der Waals surface area contributed by atoms with Gasteiger partial charge >= 0.3 is 0 Å². The van der Waals surface area contributed by atoms with Crippen molar-refractivity contribution >= 4 is 10.9 Å². The van der Waals surface area contributed by atoms with Gasteiger partial charge in [0.05, 0.1) is 10.9 Å². The van der Waals surface area contributed by atoms with Crippen LogP contribution in [0.5, 0.6) is 0 Å². The lowest BCUT2D eigenvalue weighted by Crippen LogP contribution is -1.89. The van der Waals surface area contributed by atoms with Gasteiger partial charge in [0.15, 0.2) is 0 Å². The minimum Gasteiger partial charge on any atom is -0.267 e. The van der Waals surface area contributed by atoms with Crippen molar-refractivity contribution in [3.63, 3.8) is 0 Å². The zero-order valence-electron chi connectivity index (χ0n) is 9.39. The highest BCUT2D eigenvalue weighted by Gasteiger charge is 2.13. The molecule has 0 atom stereocenters. The highest BCUT2D eigenvalue weighted by Crippen LogP contribution is 2.29. The summed E-state index contributed by atoms with van der Waals surface area (Å²) >= 11 is 0. The van der Waals surface area contributed by atoms with Crippen molar-refractivity contribution in [2.45, 2.75) is 0 Å². The van der Waals surface area contributed by atoms with Crippen molar-refractivity contribution in [2.24, 2.45) is 7.05 Å². The van der Waals surface area contributed by atoms with E-state index in [2.05, 4.69) is 5.10 Å². The lowest BCUT2D eigenvalue weighted by molar-refractivity contribution is 0.640. The van der Waals surface area contributed by atoms with Gasteiger partial charge in [0.1, 0.15) is 11.5 Å². The maximum atomic E-state index is 13.9. The first-order chi connectivity index (χ1) is 8.27. The monoisotopic (exact) mass is 226 g/mol. The molecular weight excluding hydrogens is 215 g/mol. The van der Waals surface area contributed by atoms with Crippen LogP contribution in [-0.4, -0.2) is 9.78 Å². The molecule has 0 bridgehead atoms. The first-order valence-electron chi connectivity index (χ1n) is 5.44. The molecule has 0 unspecified atom stereocenters. The summed E-state index contributed by atoms with van der Waals surface area (Å²) in [5.74, 6) is -0.227. The maximum Gasteiger partial charge on any atom is 0.134 e. The number of halogens is 1. The largest absolute Gasteiger partial charge is 0.267 e. The molecule has 0 aliphatic carbocycles. The number of hydrogen-bond donors (Lipinski definition) is 0. The summed E-state index contributed by atoms with van der Waals surface area (Å²) in [7, 11) is 1.83. The predicted octanol–water partition coefficient (Wildman–Crippen LogP) is 3.38. The van der Waals surface area contributed by atoms with E-state index in [-0.39, 0.29) is 5.82 Å². The third kappa shape index (κ3) is 1.51. The van der Waals surface area contributed by atoms with Gasteiger partial charge in [-0.05, 0) is 12.1 Å². The van der Waals surface area contributed by atoms with E-state index in [1.54, 1.807) is 10.7 Å². The summed E-state index contributed by atoms with van der Waals surface area (Å²) < 4.78 is 15.6. The molecule has 0 saturated heterocycles. The standard InChI is InChI=1S/C14H11FN2/c1-17-12-9-5-8-11(15)13(12)14(16-17)10-6-3-2-4-7-10/h2-9H,1H3. The van der Waals surface area contributed by atoms with Crippen LogP contribution < -0.4 is 0 Å². The van der Waals surface area contributed by atoms with Gasteiger partial charge in [-0.25, -0.2) is 4.39 Å². The highest BCUT2D eigenvalue weighted by molar-refractivity contribution is 5.93. The summed E-state index contributed by atoms with van der Waals surface area (Å²) in [6, 6.07) is 14.7. The van der Waals surface area contributed by atoms with Crippen LogP contribution in [0.25, 0.3) is 22.2 Å². The van der Waals surface area contributed by atoms with Crippen molar-refractivity contribution in [1.29, 1.82) is 0 Å². The van der Waals surface area contributed by atoms with E-state index < -0.39 is 0 Å². The second-order valence-electron chi connectivity index (χ2n) is 3.97. The summed E-state index contributed by atoms with van der Waals surface area (Å²) in [5, 5.41) is 4.98. The van der Waals surface area contributed by atoms with Crippen LogP contribution in [0.1, 0.15) is 0 Å². The molecule has 84 valence electrons. The van der Waals surface area contributed by atoms with Crippen molar-refractivity contribution < 1.29 is 4.39 Å². The molecule has 3 rings (SSSR count). The average Bonchev–Trinajstić information content (AvgIpc) is 2.70. The topological polar surface area (TPSA) is 17.8 Å². The average molecular weight is 226 g/mol. The number of aryl methyl sites for hydroxylation is 1. The van der Waals surface area contributed by atoms with E-state index >= 15 is 0 Å². The summed E-state index contributed by atoms with van der Waals surface area (Å²) in [6.45, 7) is 0. The second-order valence-corrected chi connectivity index (χ2v) is 3.97. The van der Waals surface area contributed by atoms with Gasteiger partial charge < -0.3 is 0 Å². The Kier molecular flexibility index (Phi) is 2.18. The third-order valence-electron chi connectivity index (χ3n) is 2.87. The fraction of sp³-hybridized carbons (Fsp3) is 0.0714. The Morgan fingerprint density at radius 2 is 1.76 bits per heavy atom. The number of rotatable bonds is 1. The van der Waals surface area contributed by atoms with Crippen LogP contribution in [0.3, 0.4) is 0 Å². The molecule has 0 radical (unpaired) electrons. The number of aromatic nitrogens is 2. The minimum atomic E-state index is -0.227. The molecule has 2 nitrogen and oxygen atoms in total. The molecule has 3 heteroatoms. The first kappa shape index (κ1) is 10.0. The van der Waals surface area contributed by atoms with Gasteiger partial charge in [0.2, 0.25) is 0 Å². The van der Waals surface area contributed by atoms with Gasteiger partial charge in [-0.15, -0.1) is 0 Å². The van der Waals surface area contributed by atoms with Crippen molar-refractivity contribution in [2.75, 3.05) is 0 Å². The predicted molar refractivity (Wildman–Crippen MR) is 66.1 cm³/mol. The third-order valence-corrected chi connectivity index (χ3v) is 2.87. The Hall–Kier alpha value is -2.16. The molecule has 3 aromatic rings. The number of hydrogen-bond acceptors (Lipinski definition) is 1. The van der Waals surface area contributed by atoms with Crippen LogP contribution in [-0.2, 0) is 7.05 Å². The quantitative estimate of drug-likeness (QED) is 0.622. The van der Waals surface area contributed by atoms with Gasteiger partial charge in [0, 0.05) is 12.6 Å². The molecule has 0 aliphatic heterocycles. The Morgan fingerprint density at radius 3 is 2.53 bits per heavy atom. The minimum absolute atomic E-state index is 0.227. The Balaban J connectivity index is 2.38. The Morgan fingerprint density at radius 1 is 1.00 bits per heavy atom. The lowest BCUT2D eigenvalue weighted by atomic mass is 10.1. The van der Waals surface area contributed by atoms with Crippen LogP contribution in [0, 0.1) is 5.82 Å². The number of nitrogens with zero attached hydrogens (tertiary/aromatic N) is 2. The van der Waals surface area contributed by atoms with E-state index in [1.807, 2.05) is 43.4 Å². The van der Waals surface area contributed by atoms with Crippen molar-refractivity contribution in [3.8, 4) is 11.3 Å². The molecule has 0 N–H and O–H groups in total. The zero-order valence-corrected chi connectivity index (χ0v) is 9.39. The summed E-state index contributed by atoms with van der Waals surface area (Å²) in [6.07, 6.45) is 0. The molecule has 0 aliphatic rings. The molecule has 1 heterocycles. The fourth-order valence-electron chi connectivity index (χ4n) is 2.07. The van der Waals surface area contributed by atoms with Crippen LogP contribution in [0.4, 0.5) is 4.39 Å². The Labute approximate surface area is 98.3 Å². The zero-order chi connectivity index (χ0) is 11.8. The van der Waals surface area contributed by atoms with Gasteiger partial charge in [-0.1, -0.05) is 36.4 Å². The second kappa shape index (κ2) is 3.70. The smallest absolute Gasteiger partial charge is 0.134 e. The van der Waals surface area contributed by atoms with E-state index in [0.717, 1.165) is 11.1 Å². The molecule has 0 amide bonds. The molecule has 1 aromatic heterocycles. The SMILES string of the molecule is Cn1nc(-c2ccccc2)c2c(F)cccc21. The molecule has 2 aromatic carbocycles. The normalized spacial score (nSPS) is 10.9. The van der Waals surface area contributed by atoms with Gasteiger partial charge in [-0.2, -0.15) is 5.10 Å². The fourth-order valence-corrected chi connectivity index (χ4v) is 2.07. The van der Waals surface area contributed by atoms with E-state index in [1.165, 1.54) is 6.07 Å². The van der Waals surface area contributed by atoms with E-state index in [0.29, 0.717) is 11.1 Å². The number of fused-ring (bicyclic) bond motifs is 1.